The SMILES string of the molecule is C.C.C.CCc1ccc2c3ccccc3c3ccccc3c2n1.CCc1ncc2c3ccccc3c3ccccc3c2n1.CCc1ncc2c3ccccc3c3ccccc3c2n1.Cc1cc2c3ccccc3c3ccccc3c2cn1.Cc1cnc2c3ccccc3c3ccccc3c2n1.Cc1cnc2c3ccccc3c3ccccc3c2n1. The van der Waals surface area contributed by atoms with E-state index in [1.54, 1.807) is 0 Å². The Balaban J connectivity index is 0.000000107. The molecule has 0 aliphatic rings. The highest BCUT2D eigenvalue weighted by Crippen LogP contribution is 2.41. The second-order valence-electron chi connectivity index (χ2n) is 29.7. The molecule has 6 heterocycles. The van der Waals surface area contributed by atoms with E-state index in [0.717, 1.165) is 103 Å². The van der Waals surface area contributed by atoms with Crippen LogP contribution in [0.5, 0.6) is 0 Å². The summed E-state index contributed by atoms with van der Waals surface area (Å²) in [6.45, 7) is 12.3. The van der Waals surface area contributed by atoms with Crippen LogP contribution in [0.25, 0.3) is 195 Å². The second-order valence-corrected chi connectivity index (χ2v) is 29.7. The first-order valence-electron chi connectivity index (χ1n) is 40.2. The van der Waals surface area contributed by atoms with E-state index in [4.69, 9.17) is 24.9 Å². The largest absolute Gasteiger partial charge is 0.261 e. The van der Waals surface area contributed by atoms with Crippen molar-refractivity contribution in [1.29, 1.82) is 0 Å². The molecule has 10 nitrogen and oxygen atoms in total. The second kappa shape index (κ2) is 34.2. The van der Waals surface area contributed by atoms with Crippen LogP contribution in [0, 0.1) is 20.8 Å². The Morgan fingerprint density at radius 2 is 0.392 bits per heavy atom. The smallest absolute Gasteiger partial charge is 0.128 e. The summed E-state index contributed by atoms with van der Waals surface area (Å²) in [5, 5.41) is 36.0. The quantitative estimate of drug-likeness (QED) is 0.158. The Hall–Kier alpha value is -14.7. The Morgan fingerprint density at radius 3 is 0.683 bits per heavy atom. The number of aromatic nitrogens is 10. The summed E-state index contributed by atoms with van der Waals surface area (Å²) in [6.07, 6.45) is 12.3. The van der Waals surface area contributed by atoms with E-state index in [1.807, 2.05) is 51.8 Å². The maximum Gasteiger partial charge on any atom is 0.128 e. The van der Waals surface area contributed by atoms with Crippen molar-refractivity contribution in [3.05, 3.63) is 375 Å². The van der Waals surface area contributed by atoms with E-state index in [0.29, 0.717) is 0 Å². The molecule has 0 fully saturated rings. The highest BCUT2D eigenvalue weighted by Gasteiger charge is 2.17. The normalized spacial score (nSPS) is 11.2. The zero-order chi connectivity index (χ0) is 79.0. The first-order chi connectivity index (χ1) is 57.7. The molecule has 6 aromatic heterocycles. The summed E-state index contributed by atoms with van der Waals surface area (Å²) >= 11 is 0. The van der Waals surface area contributed by atoms with E-state index < -0.39 is 0 Å². The van der Waals surface area contributed by atoms with Crippen LogP contribution in [0.3, 0.4) is 0 Å². The van der Waals surface area contributed by atoms with Crippen LogP contribution < -0.4 is 0 Å². The molecule has 10 heteroatoms. The lowest BCUT2D eigenvalue weighted by atomic mass is 9.95. The van der Waals surface area contributed by atoms with Gasteiger partial charge >= 0.3 is 0 Å². The van der Waals surface area contributed by atoms with Crippen LogP contribution in [0.1, 0.15) is 77.5 Å². The van der Waals surface area contributed by atoms with E-state index in [2.05, 4.69) is 355 Å². The molecule has 0 amide bonds. The van der Waals surface area contributed by atoms with Crippen LogP contribution in [-0.2, 0) is 19.3 Å². The topological polar surface area (TPSA) is 129 Å². The van der Waals surface area contributed by atoms with Gasteiger partial charge in [-0.05, 0) is 136 Å². The van der Waals surface area contributed by atoms with Gasteiger partial charge in [0.1, 0.15) is 11.6 Å². The van der Waals surface area contributed by atoms with Gasteiger partial charge in [-0.1, -0.05) is 340 Å². The van der Waals surface area contributed by atoms with Gasteiger partial charge in [-0.3, -0.25) is 19.9 Å². The number of nitrogens with zero attached hydrogens (tertiary/aromatic N) is 10. The number of fused-ring (bicyclic) bond motifs is 36. The lowest BCUT2D eigenvalue weighted by molar-refractivity contribution is 0.963. The maximum absolute atomic E-state index is 4.87. The fourth-order valence-corrected chi connectivity index (χ4v) is 17.1. The zero-order valence-corrected chi connectivity index (χ0v) is 65.9. The highest BCUT2D eigenvalue weighted by atomic mass is 14.9. The van der Waals surface area contributed by atoms with Crippen LogP contribution >= 0.6 is 0 Å². The summed E-state index contributed by atoms with van der Waals surface area (Å²) in [6, 6.07) is 108. The van der Waals surface area contributed by atoms with Gasteiger partial charge in [0.15, 0.2) is 0 Å². The molecule has 0 saturated heterocycles. The molecule has 0 atom stereocenters. The van der Waals surface area contributed by atoms with Crippen molar-refractivity contribution in [2.24, 2.45) is 0 Å². The number of pyridine rings is 2. The van der Waals surface area contributed by atoms with E-state index in [1.165, 1.54) is 145 Å². The van der Waals surface area contributed by atoms with Gasteiger partial charge in [0, 0.05) is 114 Å². The number of benzene rings is 18. The minimum Gasteiger partial charge on any atom is -0.261 e. The van der Waals surface area contributed by atoms with Crippen molar-refractivity contribution in [2.75, 3.05) is 0 Å². The summed E-state index contributed by atoms with van der Waals surface area (Å²) in [7, 11) is 0. The summed E-state index contributed by atoms with van der Waals surface area (Å²) in [4.78, 5) is 46.4. The van der Waals surface area contributed by atoms with E-state index in [9.17, 15) is 0 Å². The molecule has 18 aromatic carbocycles. The Morgan fingerprint density at radius 1 is 0.167 bits per heavy atom. The molecule has 120 heavy (non-hydrogen) atoms. The fourth-order valence-electron chi connectivity index (χ4n) is 17.1. The molecule has 0 bridgehead atoms. The first-order valence-corrected chi connectivity index (χ1v) is 40.2. The molecule has 0 saturated carbocycles. The number of hydrogen-bond acceptors (Lipinski definition) is 10. The molecule has 0 spiro atoms. The molecule has 0 aliphatic carbocycles. The van der Waals surface area contributed by atoms with Gasteiger partial charge in [-0.2, -0.15) is 0 Å². The van der Waals surface area contributed by atoms with Gasteiger partial charge in [0.25, 0.3) is 0 Å². The monoisotopic (exact) mass is 1550 g/mol. The third-order valence-corrected chi connectivity index (χ3v) is 22.6. The van der Waals surface area contributed by atoms with Crippen molar-refractivity contribution < 1.29 is 0 Å². The lowest BCUT2D eigenvalue weighted by Gasteiger charge is -2.10. The summed E-state index contributed by atoms with van der Waals surface area (Å²) in [5.41, 5.74) is 11.3. The van der Waals surface area contributed by atoms with Crippen molar-refractivity contribution in [2.45, 2.75) is 83.1 Å². The minimum absolute atomic E-state index is 0. The summed E-state index contributed by atoms with van der Waals surface area (Å²) in [5.74, 6) is 1.80. The van der Waals surface area contributed by atoms with Gasteiger partial charge < -0.3 is 0 Å². The number of hydrogen-bond donors (Lipinski definition) is 0. The molecule has 24 rings (SSSR count). The molecule has 24 aromatic rings. The van der Waals surface area contributed by atoms with Crippen molar-refractivity contribution in [1.82, 2.24) is 49.8 Å². The van der Waals surface area contributed by atoms with Gasteiger partial charge in [0.05, 0.1) is 50.0 Å². The van der Waals surface area contributed by atoms with Crippen molar-refractivity contribution in [3.63, 3.8) is 0 Å². The highest BCUT2D eigenvalue weighted by molar-refractivity contribution is 6.29. The van der Waals surface area contributed by atoms with Gasteiger partial charge in [0.2, 0.25) is 0 Å². The maximum atomic E-state index is 4.87. The average molecular weight is 1550 g/mol. The van der Waals surface area contributed by atoms with Gasteiger partial charge in [-0.15, -0.1) is 0 Å². The van der Waals surface area contributed by atoms with Crippen LogP contribution in [0.15, 0.2) is 340 Å². The van der Waals surface area contributed by atoms with Crippen LogP contribution in [0.2, 0.25) is 0 Å². The molecule has 0 aliphatic heterocycles. The summed E-state index contributed by atoms with van der Waals surface area (Å²) < 4.78 is 0. The lowest BCUT2D eigenvalue weighted by Crippen LogP contribution is -1.94. The molecular formula is C110H92N10. The molecular weight excluding hydrogens is 1460 g/mol. The molecule has 582 valence electrons. The fraction of sp³-hybridized carbons (Fsp3) is 0.109. The Kier molecular flexibility index (Phi) is 22.6. The standard InChI is InChI=1S/C19H15N.2C18H14N2.C18H13N.2C17H12N2.3CH4/c1-2-13-11-12-18-16-9-4-3-7-14(16)15-8-5-6-10-17(15)19(18)20-13;2*1-2-17-19-11-16-14-9-4-3-7-12(14)13-8-5-6-10-15(13)18(16)20-17;1-12-10-17-15-8-4-2-6-13(15)14-7-3-5-9-16(14)18(17)11-19-12;2*1-11-10-18-16-14-8-4-2-6-12(14)13-7-3-5-9-15(13)17(16)19-11;;;/h3-12H,2H2,1H3;2*3-11H,2H2,1H3;2-11H,1H3;2*2-10H,1H3;3*1H4. The minimum atomic E-state index is 0. The van der Waals surface area contributed by atoms with Crippen molar-refractivity contribution in [3.8, 4) is 0 Å². The molecule has 0 N–H and O–H groups in total. The van der Waals surface area contributed by atoms with Crippen LogP contribution in [-0.4, -0.2) is 49.8 Å². The predicted molar refractivity (Wildman–Crippen MR) is 514 cm³/mol. The zero-order valence-electron chi connectivity index (χ0n) is 65.9. The third-order valence-electron chi connectivity index (χ3n) is 22.6. The average Bonchev–Trinajstić information content (AvgIpc) is 0.767. The third kappa shape index (κ3) is 14.5. The molecule has 0 radical (unpaired) electrons. The Bertz CT molecular complexity index is 7080. The first kappa shape index (κ1) is 79.1. The Labute approximate surface area is 698 Å². The van der Waals surface area contributed by atoms with Gasteiger partial charge in [-0.25, -0.2) is 29.9 Å². The molecule has 0 unspecified atom stereocenters. The van der Waals surface area contributed by atoms with E-state index in [-0.39, 0.29) is 22.3 Å². The number of aryl methyl sites for hydroxylation is 6. The van der Waals surface area contributed by atoms with Crippen LogP contribution in [0.4, 0.5) is 0 Å². The van der Waals surface area contributed by atoms with E-state index >= 15 is 0 Å². The number of rotatable bonds is 3. The predicted octanol–water partition coefficient (Wildman–Crippen LogP) is 29.3. The van der Waals surface area contributed by atoms with Crippen molar-refractivity contribution >= 4 is 195 Å².